The molecule has 0 spiro atoms. The Hall–Kier alpha value is -4.50. The van der Waals surface area contributed by atoms with Crippen LogP contribution >= 0.6 is 0 Å². The van der Waals surface area contributed by atoms with Gasteiger partial charge in [0.05, 0.1) is 18.3 Å². The fraction of sp³-hybridized carbons (Fsp3) is 0.233. The van der Waals surface area contributed by atoms with Crippen molar-refractivity contribution < 1.29 is 18.7 Å². The topological polar surface area (TPSA) is 97.4 Å². The summed E-state index contributed by atoms with van der Waals surface area (Å²) in [6.07, 6.45) is 4.87. The number of hydrogen-bond donors (Lipinski definition) is 3. The number of nitrogens with zero attached hydrogens (tertiary/aromatic N) is 2. The van der Waals surface area contributed by atoms with Gasteiger partial charge in [-0.1, -0.05) is 17.7 Å². The van der Waals surface area contributed by atoms with Crippen LogP contribution in [0.2, 0.25) is 0 Å². The average Bonchev–Trinajstić information content (AvgIpc) is 2.93. The van der Waals surface area contributed by atoms with E-state index < -0.39 is 0 Å². The number of hydrogen-bond acceptors (Lipinski definition) is 7. The minimum atomic E-state index is -0.288. The molecule has 0 unspecified atom stereocenters. The second-order valence-corrected chi connectivity index (χ2v) is 9.36. The Morgan fingerprint density at radius 3 is 2.69 bits per heavy atom. The Morgan fingerprint density at radius 2 is 1.92 bits per heavy atom. The number of fused-ring (bicyclic) bond motifs is 1. The van der Waals surface area contributed by atoms with Gasteiger partial charge in [-0.25, -0.2) is 14.4 Å². The Bertz CT molecular complexity index is 1530. The van der Waals surface area contributed by atoms with Gasteiger partial charge >= 0.3 is 0 Å². The van der Waals surface area contributed by atoms with E-state index >= 15 is 0 Å². The molecule has 0 saturated carbocycles. The lowest BCUT2D eigenvalue weighted by atomic mass is 10.1. The van der Waals surface area contributed by atoms with Crippen molar-refractivity contribution in [1.82, 2.24) is 15.3 Å². The van der Waals surface area contributed by atoms with Gasteiger partial charge in [0.15, 0.2) is 0 Å². The van der Waals surface area contributed by atoms with Crippen molar-refractivity contribution in [2.75, 3.05) is 30.8 Å². The maximum atomic E-state index is 13.5. The van der Waals surface area contributed by atoms with Gasteiger partial charge in [0.25, 0.3) is 0 Å². The highest BCUT2D eigenvalue weighted by molar-refractivity contribution is 6.04. The van der Waals surface area contributed by atoms with Gasteiger partial charge in [0, 0.05) is 23.2 Å². The normalized spacial score (nSPS) is 13.2. The smallest absolute Gasteiger partial charge is 0.248 e. The Labute approximate surface area is 226 Å². The Morgan fingerprint density at radius 1 is 1.08 bits per heavy atom. The quantitative estimate of drug-likeness (QED) is 0.255. The molecule has 200 valence electrons. The zero-order valence-electron chi connectivity index (χ0n) is 21.9. The van der Waals surface area contributed by atoms with Crippen LogP contribution in [-0.4, -0.2) is 36.1 Å². The molecule has 1 fully saturated rings. The van der Waals surface area contributed by atoms with Gasteiger partial charge < -0.3 is 25.4 Å². The summed E-state index contributed by atoms with van der Waals surface area (Å²) in [5.41, 5.74) is 4.81. The van der Waals surface area contributed by atoms with Gasteiger partial charge in [0.2, 0.25) is 5.91 Å². The molecular weight excluding hydrogens is 497 g/mol. The van der Waals surface area contributed by atoms with Crippen LogP contribution in [0.4, 0.5) is 21.6 Å². The van der Waals surface area contributed by atoms with Crippen LogP contribution in [-0.2, 0) is 11.4 Å². The van der Waals surface area contributed by atoms with E-state index in [2.05, 4.69) is 25.9 Å². The first-order valence-corrected chi connectivity index (χ1v) is 12.8. The number of methoxy groups -OCH3 is 1. The minimum Gasteiger partial charge on any atom is -0.494 e. The molecular formula is C30H30FN5O3. The number of anilines is 3. The van der Waals surface area contributed by atoms with Crippen LogP contribution in [0.25, 0.3) is 10.9 Å². The van der Waals surface area contributed by atoms with Crippen LogP contribution in [0, 0.1) is 12.7 Å². The van der Waals surface area contributed by atoms with E-state index in [1.54, 1.807) is 25.3 Å². The number of halogens is 1. The van der Waals surface area contributed by atoms with Gasteiger partial charge in [-0.3, -0.25) is 4.79 Å². The molecule has 4 aromatic rings. The lowest BCUT2D eigenvalue weighted by Crippen LogP contribution is -2.24. The molecule has 5 rings (SSSR count). The van der Waals surface area contributed by atoms with Crippen molar-refractivity contribution in [1.29, 1.82) is 0 Å². The number of carbonyl (C=O) groups is 1. The molecule has 1 saturated heterocycles. The average molecular weight is 528 g/mol. The molecule has 0 radical (unpaired) electrons. The van der Waals surface area contributed by atoms with Crippen molar-refractivity contribution in [2.45, 2.75) is 26.4 Å². The number of nitrogens with one attached hydrogen (secondary N) is 3. The summed E-state index contributed by atoms with van der Waals surface area (Å²) in [6, 6.07) is 15.7. The molecule has 1 amide bonds. The first-order chi connectivity index (χ1) is 19.0. The highest BCUT2D eigenvalue weighted by atomic mass is 19.1. The van der Waals surface area contributed by atoms with Crippen LogP contribution < -0.4 is 25.4 Å². The first kappa shape index (κ1) is 26.1. The second-order valence-electron chi connectivity index (χ2n) is 9.36. The van der Waals surface area contributed by atoms with Crippen molar-refractivity contribution in [3.63, 3.8) is 0 Å². The predicted molar refractivity (Wildman–Crippen MR) is 150 cm³/mol. The van der Waals surface area contributed by atoms with Crippen molar-refractivity contribution in [2.24, 2.45) is 0 Å². The van der Waals surface area contributed by atoms with Crippen molar-refractivity contribution in [3.8, 4) is 11.5 Å². The molecule has 39 heavy (non-hydrogen) atoms. The van der Waals surface area contributed by atoms with Crippen LogP contribution in [0.1, 0.15) is 24.0 Å². The third kappa shape index (κ3) is 6.50. The van der Waals surface area contributed by atoms with E-state index in [0.29, 0.717) is 28.5 Å². The molecule has 3 N–H and O–H groups in total. The van der Waals surface area contributed by atoms with E-state index in [-0.39, 0.29) is 18.3 Å². The Kier molecular flexibility index (Phi) is 7.98. The third-order valence-corrected chi connectivity index (χ3v) is 6.52. The fourth-order valence-corrected chi connectivity index (χ4v) is 4.51. The van der Waals surface area contributed by atoms with E-state index in [0.717, 1.165) is 53.7 Å². The predicted octanol–water partition coefficient (Wildman–Crippen LogP) is 5.66. The fourth-order valence-electron chi connectivity index (χ4n) is 4.51. The van der Waals surface area contributed by atoms with E-state index in [9.17, 15) is 9.18 Å². The van der Waals surface area contributed by atoms with E-state index in [1.165, 1.54) is 18.5 Å². The first-order valence-electron chi connectivity index (χ1n) is 12.8. The molecule has 9 heteroatoms. The molecule has 0 bridgehead atoms. The molecule has 0 atom stereocenters. The van der Waals surface area contributed by atoms with Crippen LogP contribution in [0.15, 0.2) is 72.6 Å². The highest BCUT2D eigenvalue weighted by Gasteiger charge is 2.14. The summed E-state index contributed by atoms with van der Waals surface area (Å²) in [7, 11) is 1.56. The van der Waals surface area contributed by atoms with Crippen LogP contribution in [0.3, 0.4) is 0 Å². The summed E-state index contributed by atoms with van der Waals surface area (Å²) in [6.45, 7) is 3.97. The Balaban J connectivity index is 1.35. The number of carbonyl (C=O) groups excluding carboxylic acids is 1. The summed E-state index contributed by atoms with van der Waals surface area (Å²) in [5, 5.41) is 10.3. The largest absolute Gasteiger partial charge is 0.494 e. The molecule has 2 heterocycles. The number of benzene rings is 3. The van der Waals surface area contributed by atoms with E-state index in [1.807, 2.05) is 37.3 Å². The third-order valence-electron chi connectivity index (χ3n) is 6.52. The standard InChI is InChI=1S/C30H30FN5O3/c1-19-12-23(6-7-27(19)39-17-21-4-3-5-22(31)13-21)35-30-24-15-26(28(38-2)16-25(24)33-18-34-30)36-29(37)14-20-8-10-32-11-9-20/h3-7,12-16,18,32H,8-11,17H2,1-2H3,(H,36,37)(H,33,34,35). The second kappa shape index (κ2) is 11.9. The molecule has 0 aliphatic carbocycles. The lowest BCUT2D eigenvalue weighted by molar-refractivity contribution is -0.112. The van der Waals surface area contributed by atoms with Gasteiger partial charge in [-0.15, -0.1) is 0 Å². The van der Waals surface area contributed by atoms with Crippen LogP contribution in [0.5, 0.6) is 11.5 Å². The van der Waals surface area contributed by atoms with Crippen molar-refractivity contribution >= 4 is 34.0 Å². The summed E-state index contributed by atoms with van der Waals surface area (Å²) in [5.74, 6) is 1.32. The van der Waals surface area contributed by atoms with Gasteiger partial charge in [-0.05, 0) is 80.4 Å². The summed E-state index contributed by atoms with van der Waals surface area (Å²) < 4.78 is 24.9. The molecule has 1 aromatic heterocycles. The molecule has 1 aliphatic heterocycles. The zero-order chi connectivity index (χ0) is 27.2. The van der Waals surface area contributed by atoms with Crippen molar-refractivity contribution in [3.05, 3.63) is 89.5 Å². The number of rotatable bonds is 8. The number of aromatic nitrogens is 2. The zero-order valence-corrected chi connectivity index (χ0v) is 21.9. The number of ether oxygens (including phenoxy) is 2. The SMILES string of the molecule is COc1cc2ncnc(Nc3ccc(OCc4cccc(F)c4)c(C)c3)c2cc1NC(=O)C=C1CCNCC1. The highest BCUT2D eigenvalue weighted by Crippen LogP contribution is 2.34. The van der Waals surface area contributed by atoms with Gasteiger partial charge in [0.1, 0.15) is 36.1 Å². The maximum absolute atomic E-state index is 13.5. The van der Waals surface area contributed by atoms with E-state index in [4.69, 9.17) is 9.47 Å². The summed E-state index contributed by atoms with van der Waals surface area (Å²) in [4.78, 5) is 21.6. The number of amides is 1. The van der Waals surface area contributed by atoms with Gasteiger partial charge in [-0.2, -0.15) is 0 Å². The number of aryl methyl sites for hydroxylation is 1. The minimum absolute atomic E-state index is 0.194. The lowest BCUT2D eigenvalue weighted by Gasteiger charge is -2.16. The molecule has 1 aliphatic rings. The molecule has 8 nitrogen and oxygen atoms in total. The number of piperidine rings is 1. The molecule has 3 aromatic carbocycles. The monoisotopic (exact) mass is 527 g/mol. The summed E-state index contributed by atoms with van der Waals surface area (Å²) >= 11 is 0. The maximum Gasteiger partial charge on any atom is 0.248 e.